The van der Waals surface area contributed by atoms with Crippen molar-refractivity contribution in [3.63, 3.8) is 0 Å². The number of hydrogen-bond donors (Lipinski definition) is 2. The molecule has 0 radical (unpaired) electrons. The van der Waals surface area contributed by atoms with Crippen LogP contribution in [0.25, 0.3) is 0 Å². The molecule has 1 rings (SSSR count). The summed E-state index contributed by atoms with van der Waals surface area (Å²) in [5, 5.41) is 2.74. The monoisotopic (exact) mass is 244 g/mol. The van der Waals surface area contributed by atoms with Crippen LogP contribution in [0.15, 0.2) is 24.3 Å². The van der Waals surface area contributed by atoms with E-state index in [4.69, 9.17) is 10.5 Å². The quantitative estimate of drug-likeness (QED) is 0.767. The Morgan fingerprint density at radius 3 is 2.76 bits per heavy atom. The Morgan fingerprint density at radius 1 is 1.41 bits per heavy atom. The van der Waals surface area contributed by atoms with Gasteiger partial charge < -0.3 is 15.8 Å². The molecule has 0 aliphatic carbocycles. The van der Waals surface area contributed by atoms with Gasteiger partial charge >= 0.3 is 0 Å². The second kappa shape index (κ2) is 7.32. The molecule has 1 aromatic carbocycles. The first kappa shape index (κ1) is 14.0. The summed E-state index contributed by atoms with van der Waals surface area (Å²) in [6, 6.07) is 7.33. The lowest BCUT2D eigenvalue weighted by atomic mass is 10.0. The standard InChI is InChI=1S/C12H18F2N2O/c1-17-8-9-3-2-4-10(5-9)11(6-15)16-7-12(13)14/h2-5,11-12,16H,6-8,15H2,1H3. The average Bonchev–Trinajstić information content (AvgIpc) is 2.30. The molecule has 0 saturated heterocycles. The molecule has 0 bridgehead atoms. The van der Waals surface area contributed by atoms with Gasteiger partial charge in [0, 0.05) is 19.7 Å². The van der Waals surface area contributed by atoms with Crippen molar-refractivity contribution in [1.82, 2.24) is 5.32 Å². The normalized spacial score (nSPS) is 13.0. The Hall–Kier alpha value is -1.04. The summed E-state index contributed by atoms with van der Waals surface area (Å²) >= 11 is 0. The Morgan fingerprint density at radius 2 is 2.18 bits per heavy atom. The zero-order valence-corrected chi connectivity index (χ0v) is 9.83. The summed E-state index contributed by atoms with van der Waals surface area (Å²) in [6.45, 7) is 0.430. The van der Waals surface area contributed by atoms with E-state index in [0.29, 0.717) is 6.61 Å². The molecule has 0 saturated carbocycles. The first-order valence-electron chi connectivity index (χ1n) is 5.46. The van der Waals surface area contributed by atoms with E-state index in [-0.39, 0.29) is 19.1 Å². The molecule has 1 atom stereocenters. The molecule has 3 nitrogen and oxygen atoms in total. The Kier molecular flexibility index (Phi) is 6.04. The van der Waals surface area contributed by atoms with E-state index in [9.17, 15) is 8.78 Å². The Balaban J connectivity index is 2.69. The van der Waals surface area contributed by atoms with Crippen molar-refractivity contribution in [2.75, 3.05) is 20.2 Å². The van der Waals surface area contributed by atoms with Crippen LogP contribution in [0.4, 0.5) is 8.78 Å². The van der Waals surface area contributed by atoms with E-state index in [1.165, 1.54) is 0 Å². The second-order valence-corrected chi connectivity index (χ2v) is 3.77. The number of hydrogen-bond acceptors (Lipinski definition) is 3. The van der Waals surface area contributed by atoms with E-state index in [1.54, 1.807) is 7.11 Å². The molecule has 0 heterocycles. The molecule has 0 aromatic heterocycles. The van der Waals surface area contributed by atoms with Gasteiger partial charge in [-0.2, -0.15) is 0 Å². The van der Waals surface area contributed by atoms with E-state index in [1.807, 2.05) is 24.3 Å². The van der Waals surface area contributed by atoms with Gasteiger partial charge in [-0.25, -0.2) is 8.78 Å². The molecule has 0 spiro atoms. The minimum absolute atomic E-state index is 0.249. The van der Waals surface area contributed by atoms with Gasteiger partial charge in [-0.15, -0.1) is 0 Å². The topological polar surface area (TPSA) is 47.3 Å². The summed E-state index contributed by atoms with van der Waals surface area (Å²) in [7, 11) is 1.61. The first-order chi connectivity index (χ1) is 8.17. The van der Waals surface area contributed by atoms with Gasteiger partial charge in [0.2, 0.25) is 0 Å². The van der Waals surface area contributed by atoms with Crippen LogP contribution in [-0.2, 0) is 11.3 Å². The zero-order valence-electron chi connectivity index (χ0n) is 9.83. The van der Waals surface area contributed by atoms with Crippen LogP contribution in [0.1, 0.15) is 17.2 Å². The third-order valence-electron chi connectivity index (χ3n) is 2.42. The maximum atomic E-state index is 12.1. The average molecular weight is 244 g/mol. The SMILES string of the molecule is COCc1cccc(C(CN)NCC(F)F)c1. The molecule has 17 heavy (non-hydrogen) atoms. The second-order valence-electron chi connectivity index (χ2n) is 3.77. The number of nitrogens with one attached hydrogen (secondary N) is 1. The van der Waals surface area contributed by atoms with Gasteiger partial charge in [0.05, 0.1) is 13.2 Å². The highest BCUT2D eigenvalue weighted by Gasteiger charge is 2.12. The maximum Gasteiger partial charge on any atom is 0.250 e. The van der Waals surface area contributed by atoms with Gasteiger partial charge in [-0.3, -0.25) is 0 Å². The number of rotatable bonds is 7. The Bertz CT molecular complexity index is 334. The molecule has 0 amide bonds. The predicted molar refractivity (Wildman–Crippen MR) is 63.0 cm³/mol. The van der Waals surface area contributed by atoms with E-state index in [2.05, 4.69) is 5.32 Å². The highest BCUT2D eigenvalue weighted by atomic mass is 19.3. The van der Waals surface area contributed by atoms with Gasteiger partial charge in [0.1, 0.15) is 0 Å². The first-order valence-corrected chi connectivity index (χ1v) is 5.46. The van der Waals surface area contributed by atoms with E-state index in [0.717, 1.165) is 11.1 Å². The Labute approximate surface area is 100.0 Å². The summed E-state index contributed by atoms with van der Waals surface area (Å²) < 4.78 is 29.3. The van der Waals surface area contributed by atoms with Crippen molar-refractivity contribution >= 4 is 0 Å². The maximum absolute atomic E-state index is 12.1. The minimum Gasteiger partial charge on any atom is -0.380 e. The molecule has 96 valence electrons. The number of methoxy groups -OCH3 is 1. The van der Waals surface area contributed by atoms with Crippen molar-refractivity contribution < 1.29 is 13.5 Å². The molecule has 3 N–H and O–H groups in total. The highest BCUT2D eigenvalue weighted by molar-refractivity contribution is 5.26. The number of nitrogens with two attached hydrogens (primary N) is 1. The van der Waals surface area contributed by atoms with Crippen LogP contribution < -0.4 is 11.1 Å². The van der Waals surface area contributed by atoms with Crippen LogP contribution in [0.3, 0.4) is 0 Å². The third-order valence-corrected chi connectivity index (χ3v) is 2.42. The molecule has 1 aromatic rings. The van der Waals surface area contributed by atoms with Crippen LogP contribution in [0, 0.1) is 0 Å². The van der Waals surface area contributed by atoms with Gasteiger partial charge in [-0.1, -0.05) is 24.3 Å². The predicted octanol–water partition coefficient (Wildman–Crippen LogP) is 1.69. The van der Waals surface area contributed by atoms with Gasteiger partial charge in [0.25, 0.3) is 6.43 Å². The summed E-state index contributed by atoms with van der Waals surface area (Å²) in [5.41, 5.74) is 7.48. The largest absolute Gasteiger partial charge is 0.380 e. The van der Waals surface area contributed by atoms with E-state index < -0.39 is 6.43 Å². The van der Waals surface area contributed by atoms with Crippen molar-refractivity contribution in [3.8, 4) is 0 Å². The molecular formula is C12H18F2N2O. The third kappa shape index (κ3) is 4.77. The number of benzene rings is 1. The summed E-state index contributed by atoms with van der Waals surface area (Å²) in [6.07, 6.45) is -2.37. The fourth-order valence-electron chi connectivity index (χ4n) is 1.63. The van der Waals surface area contributed by atoms with Crippen LogP contribution in [0.5, 0.6) is 0 Å². The lowest BCUT2D eigenvalue weighted by Gasteiger charge is -2.17. The van der Waals surface area contributed by atoms with Gasteiger partial charge in [0.15, 0.2) is 0 Å². The van der Waals surface area contributed by atoms with Gasteiger partial charge in [-0.05, 0) is 11.1 Å². The van der Waals surface area contributed by atoms with Crippen LogP contribution in [0.2, 0.25) is 0 Å². The highest BCUT2D eigenvalue weighted by Crippen LogP contribution is 2.14. The smallest absolute Gasteiger partial charge is 0.250 e. The van der Waals surface area contributed by atoms with Crippen molar-refractivity contribution in [1.29, 1.82) is 0 Å². The van der Waals surface area contributed by atoms with Crippen molar-refractivity contribution in [2.45, 2.75) is 19.1 Å². The fourth-order valence-corrected chi connectivity index (χ4v) is 1.63. The van der Waals surface area contributed by atoms with Crippen molar-refractivity contribution in [2.24, 2.45) is 5.73 Å². The zero-order chi connectivity index (χ0) is 12.7. The van der Waals surface area contributed by atoms with Crippen molar-refractivity contribution in [3.05, 3.63) is 35.4 Å². The molecule has 1 unspecified atom stereocenters. The molecule has 0 aliphatic rings. The number of ether oxygens (including phenoxy) is 1. The number of halogens is 2. The number of alkyl halides is 2. The summed E-state index contributed by atoms with van der Waals surface area (Å²) in [4.78, 5) is 0. The van der Waals surface area contributed by atoms with E-state index >= 15 is 0 Å². The van der Waals surface area contributed by atoms with Crippen LogP contribution >= 0.6 is 0 Å². The molecule has 5 heteroatoms. The molecular weight excluding hydrogens is 226 g/mol. The van der Waals surface area contributed by atoms with Crippen LogP contribution in [-0.4, -0.2) is 26.6 Å². The lowest BCUT2D eigenvalue weighted by Crippen LogP contribution is -2.31. The lowest BCUT2D eigenvalue weighted by molar-refractivity contribution is 0.141. The summed E-state index contributed by atoms with van der Waals surface area (Å²) in [5.74, 6) is 0. The molecule has 0 aliphatic heterocycles. The molecule has 0 fully saturated rings. The minimum atomic E-state index is -2.37. The fraction of sp³-hybridized carbons (Fsp3) is 0.500.